The number of halogens is 1. The number of carbonyl (C=O) groups excluding carboxylic acids is 2. The second-order valence-corrected chi connectivity index (χ2v) is 7.48. The van der Waals surface area contributed by atoms with Gasteiger partial charge in [-0.3, -0.25) is 14.4 Å². The van der Waals surface area contributed by atoms with Gasteiger partial charge in [-0.25, -0.2) is 4.39 Å². The topological polar surface area (TPSA) is 93.3 Å². The molecule has 3 rings (SSSR count). The number of carbonyl (C=O) groups is 2. The Hall–Kier alpha value is -3.68. The average Bonchev–Trinajstić information content (AvgIpc) is 3.28. The molecule has 1 unspecified atom stereocenters. The summed E-state index contributed by atoms with van der Waals surface area (Å²) < 4.78 is 20.0. The second kappa shape index (κ2) is 9.42. The summed E-state index contributed by atoms with van der Waals surface area (Å²) in [6.07, 6.45) is 4.36. The number of amides is 2. The molecule has 0 fully saturated rings. The lowest BCUT2D eigenvalue weighted by molar-refractivity contribution is 0.0933. The minimum absolute atomic E-state index is 0.0849. The molecule has 2 N–H and O–H groups in total. The fourth-order valence-electron chi connectivity index (χ4n) is 2.98. The number of rotatable bonds is 7. The number of benzene rings is 1. The highest BCUT2D eigenvalue weighted by atomic mass is 19.1. The van der Waals surface area contributed by atoms with Crippen LogP contribution in [0.4, 0.5) is 4.39 Å². The van der Waals surface area contributed by atoms with Crippen molar-refractivity contribution in [2.75, 3.05) is 0 Å². The van der Waals surface area contributed by atoms with E-state index in [2.05, 4.69) is 10.6 Å². The molecule has 1 atom stereocenters. The molecule has 7 nitrogen and oxygen atoms in total. The van der Waals surface area contributed by atoms with E-state index in [4.69, 9.17) is 4.42 Å². The van der Waals surface area contributed by atoms with E-state index >= 15 is 0 Å². The maximum Gasteiger partial charge on any atom is 0.257 e. The number of furan rings is 1. The molecule has 3 aromatic rings. The zero-order valence-corrected chi connectivity index (χ0v) is 17.5. The average molecular weight is 425 g/mol. The van der Waals surface area contributed by atoms with Crippen LogP contribution in [0, 0.1) is 5.82 Å². The van der Waals surface area contributed by atoms with Gasteiger partial charge in [-0.1, -0.05) is 12.1 Å². The van der Waals surface area contributed by atoms with Crippen molar-refractivity contribution in [3.63, 3.8) is 0 Å². The molecule has 0 saturated carbocycles. The van der Waals surface area contributed by atoms with Crippen molar-refractivity contribution < 1.29 is 18.4 Å². The number of hydrogen-bond donors (Lipinski definition) is 2. The Kier molecular flexibility index (Phi) is 6.69. The number of aromatic nitrogens is 1. The minimum Gasteiger partial charge on any atom is -0.467 e. The van der Waals surface area contributed by atoms with Crippen molar-refractivity contribution in [1.82, 2.24) is 15.2 Å². The van der Waals surface area contributed by atoms with Crippen molar-refractivity contribution >= 4 is 11.8 Å². The maximum absolute atomic E-state index is 13.0. The van der Waals surface area contributed by atoms with Gasteiger partial charge in [-0.2, -0.15) is 0 Å². The summed E-state index contributed by atoms with van der Waals surface area (Å²) in [5.41, 5.74) is -0.270. The van der Waals surface area contributed by atoms with Gasteiger partial charge in [-0.05, 0) is 50.6 Å². The standard InChI is InChI=1S/C23H24FN3O4/c1-14(2)27-12-18(22(29)25-11-16-6-8-17(24)9-7-16)21(28)19(13-27)23(30)26-15(3)20-5-4-10-31-20/h4-10,12-15H,11H2,1-3H3,(H,25,29)(H,26,30). The molecule has 8 heteroatoms. The summed E-state index contributed by atoms with van der Waals surface area (Å²) in [5.74, 6) is -1.04. The highest BCUT2D eigenvalue weighted by Crippen LogP contribution is 2.14. The van der Waals surface area contributed by atoms with Crippen LogP contribution in [0.3, 0.4) is 0 Å². The summed E-state index contributed by atoms with van der Waals surface area (Å²) in [5, 5.41) is 5.37. The molecule has 0 bridgehead atoms. The summed E-state index contributed by atoms with van der Waals surface area (Å²) >= 11 is 0. The Labute approximate surface area is 178 Å². The van der Waals surface area contributed by atoms with E-state index in [1.165, 1.54) is 30.8 Å². The van der Waals surface area contributed by atoms with Gasteiger partial charge in [0.15, 0.2) is 0 Å². The third-order valence-electron chi connectivity index (χ3n) is 4.82. The molecule has 0 saturated heterocycles. The van der Waals surface area contributed by atoms with Crippen molar-refractivity contribution in [3.05, 3.63) is 93.5 Å². The molecule has 0 aliphatic rings. The third-order valence-corrected chi connectivity index (χ3v) is 4.82. The molecule has 2 aromatic heterocycles. The van der Waals surface area contributed by atoms with Crippen LogP contribution in [0.15, 0.2) is 64.3 Å². The van der Waals surface area contributed by atoms with Gasteiger partial charge in [0.05, 0.1) is 12.3 Å². The van der Waals surface area contributed by atoms with Gasteiger partial charge in [-0.15, -0.1) is 0 Å². The fraction of sp³-hybridized carbons (Fsp3) is 0.261. The first-order valence-corrected chi connectivity index (χ1v) is 9.89. The van der Waals surface area contributed by atoms with Crippen LogP contribution < -0.4 is 16.1 Å². The van der Waals surface area contributed by atoms with Crippen LogP contribution in [-0.2, 0) is 6.54 Å². The molecule has 0 aliphatic heterocycles. The molecule has 0 spiro atoms. The Bertz CT molecular complexity index is 1120. The number of hydrogen-bond acceptors (Lipinski definition) is 4. The Balaban J connectivity index is 1.85. The van der Waals surface area contributed by atoms with Crippen LogP contribution in [0.25, 0.3) is 0 Å². The van der Waals surface area contributed by atoms with Crippen LogP contribution in [0.5, 0.6) is 0 Å². The lowest BCUT2D eigenvalue weighted by atomic mass is 10.1. The summed E-state index contributed by atoms with van der Waals surface area (Å²) in [7, 11) is 0. The smallest absolute Gasteiger partial charge is 0.257 e. The van der Waals surface area contributed by atoms with E-state index < -0.39 is 23.3 Å². The summed E-state index contributed by atoms with van der Waals surface area (Å²) in [4.78, 5) is 38.5. The second-order valence-electron chi connectivity index (χ2n) is 7.48. The summed E-state index contributed by atoms with van der Waals surface area (Å²) in [6.45, 7) is 5.60. The zero-order valence-electron chi connectivity index (χ0n) is 17.5. The lowest BCUT2D eigenvalue weighted by Gasteiger charge is -2.16. The maximum atomic E-state index is 13.0. The molecule has 0 radical (unpaired) electrons. The molecule has 2 amide bonds. The van der Waals surface area contributed by atoms with Gasteiger partial charge >= 0.3 is 0 Å². The molecule has 31 heavy (non-hydrogen) atoms. The van der Waals surface area contributed by atoms with E-state index in [9.17, 15) is 18.8 Å². The Morgan fingerprint density at radius 2 is 1.68 bits per heavy atom. The van der Waals surface area contributed by atoms with E-state index in [0.29, 0.717) is 11.3 Å². The van der Waals surface area contributed by atoms with E-state index in [0.717, 1.165) is 0 Å². The van der Waals surface area contributed by atoms with Crippen molar-refractivity contribution in [2.24, 2.45) is 0 Å². The highest BCUT2D eigenvalue weighted by Gasteiger charge is 2.22. The van der Waals surface area contributed by atoms with Crippen molar-refractivity contribution in [2.45, 2.75) is 39.4 Å². The largest absolute Gasteiger partial charge is 0.467 e. The van der Waals surface area contributed by atoms with Crippen LogP contribution >= 0.6 is 0 Å². The van der Waals surface area contributed by atoms with Crippen LogP contribution in [-0.4, -0.2) is 16.4 Å². The number of nitrogens with one attached hydrogen (secondary N) is 2. The molecular formula is C23H24FN3O4. The van der Waals surface area contributed by atoms with Crippen molar-refractivity contribution in [3.8, 4) is 0 Å². The first kappa shape index (κ1) is 22.0. The van der Waals surface area contributed by atoms with Gasteiger partial charge in [0.2, 0.25) is 5.43 Å². The Morgan fingerprint density at radius 3 is 2.26 bits per heavy atom. The van der Waals surface area contributed by atoms with Gasteiger partial charge in [0.1, 0.15) is 22.7 Å². The van der Waals surface area contributed by atoms with E-state index in [1.54, 1.807) is 35.8 Å². The highest BCUT2D eigenvalue weighted by molar-refractivity contribution is 5.99. The lowest BCUT2D eigenvalue weighted by Crippen LogP contribution is -2.36. The van der Waals surface area contributed by atoms with Crippen LogP contribution in [0.1, 0.15) is 64.9 Å². The molecular weight excluding hydrogens is 401 g/mol. The fourth-order valence-corrected chi connectivity index (χ4v) is 2.98. The monoisotopic (exact) mass is 425 g/mol. The number of pyridine rings is 1. The first-order valence-electron chi connectivity index (χ1n) is 9.89. The molecule has 1 aromatic carbocycles. The minimum atomic E-state index is -0.669. The van der Waals surface area contributed by atoms with Crippen LogP contribution in [0.2, 0.25) is 0 Å². The number of nitrogens with zero attached hydrogens (tertiary/aromatic N) is 1. The third kappa shape index (κ3) is 5.28. The molecule has 162 valence electrons. The van der Waals surface area contributed by atoms with E-state index in [-0.39, 0.29) is 29.5 Å². The molecule has 0 aliphatic carbocycles. The Morgan fingerprint density at radius 1 is 1.03 bits per heavy atom. The normalized spacial score (nSPS) is 11.9. The van der Waals surface area contributed by atoms with Crippen molar-refractivity contribution in [1.29, 1.82) is 0 Å². The first-order chi connectivity index (χ1) is 14.8. The molecule has 2 heterocycles. The zero-order chi connectivity index (χ0) is 22.5. The SMILES string of the molecule is CC(NC(=O)c1cn(C(C)C)cc(C(=O)NCc2ccc(F)cc2)c1=O)c1ccco1. The van der Waals surface area contributed by atoms with Gasteiger partial charge in [0.25, 0.3) is 11.8 Å². The van der Waals surface area contributed by atoms with E-state index in [1.807, 2.05) is 13.8 Å². The predicted molar refractivity (Wildman–Crippen MR) is 113 cm³/mol. The van der Waals surface area contributed by atoms with Gasteiger partial charge in [0, 0.05) is 25.0 Å². The quantitative estimate of drug-likeness (QED) is 0.605. The summed E-state index contributed by atoms with van der Waals surface area (Å²) in [6, 6.07) is 8.55. The van der Waals surface area contributed by atoms with Gasteiger partial charge < -0.3 is 19.6 Å². The predicted octanol–water partition coefficient (Wildman–Crippen LogP) is 3.58.